The molecular weight excluding hydrogens is 309 g/mol. The minimum Gasteiger partial charge on any atom is -0.383 e. The molecule has 0 spiro atoms. The van der Waals surface area contributed by atoms with Crippen LogP contribution in [-0.4, -0.2) is 21.2 Å². The molecule has 1 unspecified atom stereocenters. The van der Waals surface area contributed by atoms with Crippen molar-refractivity contribution < 1.29 is 4.79 Å². The highest BCUT2D eigenvalue weighted by molar-refractivity contribution is 7.28. The van der Waals surface area contributed by atoms with Gasteiger partial charge in [-0.05, 0) is 29.1 Å². The van der Waals surface area contributed by atoms with Gasteiger partial charge in [-0.1, -0.05) is 6.07 Å². The summed E-state index contributed by atoms with van der Waals surface area (Å²) in [7, 11) is 4.53. The predicted molar refractivity (Wildman–Crippen MR) is 95.3 cm³/mol. The molecule has 1 amide bonds. The number of amides is 1. The maximum Gasteiger partial charge on any atom is 0.211 e. The van der Waals surface area contributed by atoms with Crippen LogP contribution in [0.25, 0.3) is 22.3 Å². The van der Waals surface area contributed by atoms with E-state index in [-0.39, 0.29) is 0 Å². The number of aromatic nitrogens is 3. The predicted octanol–water partition coefficient (Wildman–Crippen LogP) is 1.80. The van der Waals surface area contributed by atoms with Crippen LogP contribution in [0.5, 0.6) is 0 Å². The molecule has 2 heterocycles. The van der Waals surface area contributed by atoms with Crippen LogP contribution >= 0.6 is 9.24 Å². The van der Waals surface area contributed by atoms with Crippen LogP contribution in [0.4, 0.5) is 11.5 Å². The number of nitrogens with zero attached hydrogens (tertiary/aromatic N) is 3. The lowest BCUT2D eigenvalue weighted by atomic mass is 10.0. The summed E-state index contributed by atoms with van der Waals surface area (Å²) in [4.78, 5) is 14.8. The van der Waals surface area contributed by atoms with Crippen LogP contribution < -0.4 is 16.4 Å². The number of nitrogens with one attached hydrogen (secondary N) is 1. The number of pyridine rings is 1. The molecule has 0 fully saturated rings. The number of nitrogens with two attached hydrogens (primary N) is 1. The molecule has 1 aromatic carbocycles. The molecule has 7 heteroatoms. The zero-order chi connectivity index (χ0) is 16.4. The van der Waals surface area contributed by atoms with E-state index < -0.39 is 0 Å². The number of hydrogen-bond donors (Lipinski definition) is 2. The Morgan fingerprint density at radius 2 is 2.04 bits per heavy atom. The van der Waals surface area contributed by atoms with Gasteiger partial charge in [0.1, 0.15) is 5.82 Å². The van der Waals surface area contributed by atoms with Crippen LogP contribution in [0.3, 0.4) is 0 Å². The molecule has 0 aliphatic rings. The zero-order valence-electron chi connectivity index (χ0n) is 12.5. The standard InChI is InChI=1S/C16H16N5OP/c1-21-8-11(7-20-21)10-4-14(16(17)18-6-10)13-3-2-12(19-9-22)5-15(13)23/h2-9H,23H2,1H3,(H2,17,18)(H,19,22). The van der Waals surface area contributed by atoms with E-state index in [1.165, 1.54) is 0 Å². The Bertz CT molecular complexity index is 875. The minimum absolute atomic E-state index is 0.456. The molecule has 2 aromatic heterocycles. The zero-order valence-corrected chi connectivity index (χ0v) is 13.7. The molecule has 6 nitrogen and oxygen atoms in total. The summed E-state index contributed by atoms with van der Waals surface area (Å²) in [5, 5.41) is 7.73. The van der Waals surface area contributed by atoms with E-state index >= 15 is 0 Å². The Morgan fingerprint density at radius 1 is 1.22 bits per heavy atom. The van der Waals surface area contributed by atoms with Crippen molar-refractivity contribution in [2.45, 2.75) is 0 Å². The number of carbonyl (C=O) groups is 1. The third kappa shape index (κ3) is 3.07. The van der Waals surface area contributed by atoms with Crippen LogP contribution in [0.1, 0.15) is 0 Å². The van der Waals surface area contributed by atoms with Crippen molar-refractivity contribution in [3.8, 4) is 22.3 Å². The largest absolute Gasteiger partial charge is 0.383 e. The molecule has 0 saturated carbocycles. The summed E-state index contributed by atoms with van der Waals surface area (Å²) in [5.74, 6) is 0.456. The Morgan fingerprint density at radius 3 is 2.70 bits per heavy atom. The summed E-state index contributed by atoms with van der Waals surface area (Å²) in [6, 6.07) is 7.60. The van der Waals surface area contributed by atoms with Gasteiger partial charge in [0.05, 0.1) is 6.20 Å². The fourth-order valence-electron chi connectivity index (χ4n) is 2.39. The average Bonchev–Trinajstić information content (AvgIpc) is 2.95. The third-order valence-corrected chi connectivity index (χ3v) is 4.00. The van der Waals surface area contributed by atoms with Gasteiger partial charge in [0, 0.05) is 41.8 Å². The Hall–Kier alpha value is -2.72. The quantitative estimate of drug-likeness (QED) is 0.566. The monoisotopic (exact) mass is 325 g/mol. The second-order valence-corrected chi connectivity index (χ2v) is 5.75. The van der Waals surface area contributed by atoms with E-state index in [9.17, 15) is 4.79 Å². The summed E-state index contributed by atoms with van der Waals surface area (Å²) < 4.78 is 1.74. The molecule has 0 radical (unpaired) electrons. The first-order valence-electron chi connectivity index (χ1n) is 6.93. The van der Waals surface area contributed by atoms with Gasteiger partial charge in [-0.3, -0.25) is 9.48 Å². The highest BCUT2D eigenvalue weighted by Gasteiger charge is 2.11. The highest BCUT2D eigenvalue weighted by atomic mass is 31.0. The summed E-state index contributed by atoms with van der Waals surface area (Å²) in [6.07, 6.45) is 6.10. The molecule has 23 heavy (non-hydrogen) atoms. The highest BCUT2D eigenvalue weighted by Crippen LogP contribution is 2.30. The number of rotatable bonds is 4. The van der Waals surface area contributed by atoms with Crippen LogP contribution in [-0.2, 0) is 11.8 Å². The first-order valence-corrected chi connectivity index (χ1v) is 7.51. The third-order valence-electron chi connectivity index (χ3n) is 3.52. The molecule has 0 saturated heterocycles. The second kappa shape index (κ2) is 6.18. The molecule has 0 aliphatic carbocycles. The van der Waals surface area contributed by atoms with Gasteiger partial charge in [0.25, 0.3) is 0 Å². The van der Waals surface area contributed by atoms with Gasteiger partial charge in [-0.15, -0.1) is 9.24 Å². The van der Waals surface area contributed by atoms with Gasteiger partial charge >= 0.3 is 0 Å². The molecule has 3 N–H and O–H groups in total. The van der Waals surface area contributed by atoms with E-state index in [1.54, 1.807) is 17.1 Å². The van der Waals surface area contributed by atoms with Crippen LogP contribution in [0.15, 0.2) is 42.9 Å². The summed E-state index contributed by atoms with van der Waals surface area (Å²) >= 11 is 0. The van der Waals surface area contributed by atoms with E-state index in [4.69, 9.17) is 5.73 Å². The molecular formula is C16H16N5OP. The van der Waals surface area contributed by atoms with Gasteiger partial charge < -0.3 is 11.1 Å². The van der Waals surface area contributed by atoms with Gasteiger partial charge in [-0.2, -0.15) is 5.10 Å². The first-order chi connectivity index (χ1) is 11.1. The molecule has 3 aromatic rings. The second-order valence-electron chi connectivity index (χ2n) is 5.12. The van der Waals surface area contributed by atoms with Crippen molar-refractivity contribution in [2.24, 2.45) is 7.05 Å². The first kappa shape index (κ1) is 15.2. The lowest BCUT2D eigenvalue weighted by Gasteiger charge is -2.11. The molecule has 3 rings (SSSR count). The number of hydrogen-bond acceptors (Lipinski definition) is 4. The maximum absolute atomic E-state index is 10.5. The average molecular weight is 325 g/mol. The van der Waals surface area contributed by atoms with Crippen molar-refractivity contribution in [1.82, 2.24) is 14.8 Å². The van der Waals surface area contributed by atoms with Crippen molar-refractivity contribution >= 4 is 32.5 Å². The van der Waals surface area contributed by atoms with Gasteiger partial charge in [-0.25, -0.2) is 4.98 Å². The van der Waals surface area contributed by atoms with Crippen LogP contribution in [0.2, 0.25) is 0 Å². The Kier molecular flexibility index (Phi) is 4.08. The topological polar surface area (TPSA) is 85.8 Å². The number of carbonyl (C=O) groups excluding carboxylic acids is 1. The SMILES string of the molecule is Cn1cc(-c2cnc(N)c(-c3ccc(NC=O)cc3P)c2)cn1. The van der Waals surface area contributed by atoms with Gasteiger partial charge in [0.15, 0.2) is 0 Å². The summed E-state index contributed by atoms with van der Waals surface area (Å²) in [6.45, 7) is 0. The Labute approximate surface area is 135 Å². The fraction of sp³-hybridized carbons (Fsp3) is 0.0625. The Balaban J connectivity index is 2.07. The number of aryl methyl sites for hydroxylation is 1. The van der Waals surface area contributed by atoms with E-state index in [0.717, 1.165) is 33.2 Å². The normalized spacial score (nSPS) is 10.5. The van der Waals surface area contributed by atoms with Crippen molar-refractivity contribution in [2.75, 3.05) is 11.1 Å². The maximum atomic E-state index is 10.5. The summed E-state index contributed by atoms with van der Waals surface area (Å²) in [5.41, 5.74) is 10.5. The molecule has 1 atom stereocenters. The lowest BCUT2D eigenvalue weighted by molar-refractivity contribution is -0.105. The van der Waals surface area contributed by atoms with Crippen molar-refractivity contribution in [3.63, 3.8) is 0 Å². The van der Waals surface area contributed by atoms with Gasteiger partial charge in [0.2, 0.25) is 6.41 Å². The van der Waals surface area contributed by atoms with Crippen molar-refractivity contribution in [3.05, 3.63) is 42.9 Å². The van der Waals surface area contributed by atoms with E-state index in [0.29, 0.717) is 12.2 Å². The van der Waals surface area contributed by atoms with Crippen LogP contribution in [0, 0.1) is 0 Å². The smallest absolute Gasteiger partial charge is 0.211 e. The van der Waals surface area contributed by atoms with E-state index in [2.05, 4.69) is 24.6 Å². The molecule has 0 bridgehead atoms. The number of nitrogen functional groups attached to an aromatic ring is 1. The fourth-order valence-corrected chi connectivity index (χ4v) is 2.82. The van der Waals surface area contributed by atoms with E-state index in [1.807, 2.05) is 37.5 Å². The minimum atomic E-state index is 0.456. The lowest BCUT2D eigenvalue weighted by Crippen LogP contribution is -2.04. The number of anilines is 2. The molecule has 116 valence electrons. The van der Waals surface area contributed by atoms with Crippen molar-refractivity contribution in [1.29, 1.82) is 0 Å². The number of benzene rings is 1. The molecule has 0 aliphatic heterocycles.